The number of rotatable bonds is 2. The maximum atomic E-state index is 14.0. The molecule has 0 N–H and O–H groups in total. The summed E-state index contributed by atoms with van der Waals surface area (Å²) in [6.07, 6.45) is -0.813. The summed E-state index contributed by atoms with van der Waals surface area (Å²) in [4.78, 5) is 28.0. The third-order valence-corrected chi connectivity index (χ3v) is 4.81. The van der Waals surface area contributed by atoms with Crippen molar-refractivity contribution in [3.8, 4) is 0 Å². The van der Waals surface area contributed by atoms with Gasteiger partial charge in [-0.25, -0.2) is 23.3 Å². The number of ether oxygens (including phenoxy) is 1. The number of hydrogen-bond donors (Lipinski definition) is 0. The van der Waals surface area contributed by atoms with Crippen molar-refractivity contribution in [2.45, 2.75) is 32.4 Å². The highest BCUT2D eigenvalue weighted by Gasteiger charge is 2.44. The lowest BCUT2D eigenvalue weighted by atomic mass is 10.1. The van der Waals surface area contributed by atoms with Crippen LogP contribution in [-0.4, -0.2) is 29.2 Å². The number of carbonyl (C=O) groups is 2. The average molecular weight is 453 g/mol. The first-order valence-electron chi connectivity index (χ1n) is 8.61. The summed E-state index contributed by atoms with van der Waals surface area (Å²) in [6.45, 7) is 5.17. The van der Waals surface area contributed by atoms with Crippen LogP contribution in [-0.2, 0) is 4.74 Å². The van der Waals surface area contributed by atoms with Crippen LogP contribution in [0.2, 0.25) is 0 Å². The Kier molecular flexibility index (Phi) is 5.43. The molecule has 3 amide bonds. The van der Waals surface area contributed by atoms with E-state index in [2.05, 4.69) is 15.9 Å². The van der Waals surface area contributed by atoms with Crippen molar-refractivity contribution in [1.82, 2.24) is 4.90 Å². The van der Waals surface area contributed by atoms with E-state index in [1.807, 2.05) is 0 Å². The van der Waals surface area contributed by atoms with Crippen molar-refractivity contribution >= 4 is 33.7 Å². The van der Waals surface area contributed by atoms with Crippen LogP contribution in [0.3, 0.4) is 0 Å². The summed E-state index contributed by atoms with van der Waals surface area (Å²) in [7, 11) is 0. The molecule has 1 fully saturated rings. The highest BCUT2D eigenvalue weighted by atomic mass is 79.9. The fraction of sp³-hybridized carbons (Fsp3) is 0.300. The van der Waals surface area contributed by atoms with Crippen LogP contribution < -0.4 is 4.90 Å². The van der Waals surface area contributed by atoms with Crippen molar-refractivity contribution in [2.24, 2.45) is 0 Å². The molecule has 8 heteroatoms. The molecule has 0 radical (unpaired) electrons. The zero-order chi connectivity index (χ0) is 20.6. The first-order chi connectivity index (χ1) is 13.1. The van der Waals surface area contributed by atoms with Crippen molar-refractivity contribution < 1.29 is 23.1 Å². The summed E-state index contributed by atoms with van der Waals surface area (Å²) in [6, 6.07) is 8.48. The fourth-order valence-electron chi connectivity index (χ4n) is 2.92. The third-order valence-electron chi connectivity index (χ3n) is 4.16. The Morgan fingerprint density at radius 3 is 2.36 bits per heavy atom. The maximum absolute atomic E-state index is 14.0. The van der Waals surface area contributed by atoms with E-state index in [4.69, 9.17) is 4.74 Å². The largest absolute Gasteiger partial charge is 0.443 e. The van der Waals surface area contributed by atoms with Crippen molar-refractivity contribution in [1.29, 1.82) is 0 Å². The fourth-order valence-corrected chi connectivity index (χ4v) is 3.17. The number of amides is 3. The molecule has 1 unspecified atom stereocenters. The second-order valence-corrected chi connectivity index (χ2v) is 8.26. The van der Waals surface area contributed by atoms with E-state index >= 15 is 0 Å². The minimum absolute atomic E-state index is 0.0881. The van der Waals surface area contributed by atoms with Crippen LogP contribution >= 0.6 is 15.9 Å². The number of nitrogens with zero attached hydrogens (tertiary/aromatic N) is 2. The van der Waals surface area contributed by atoms with E-state index in [0.717, 1.165) is 4.90 Å². The average Bonchev–Trinajstić information content (AvgIpc) is 2.94. The summed E-state index contributed by atoms with van der Waals surface area (Å²) >= 11 is 3.08. The smallest absolute Gasteiger partial charge is 0.419 e. The molecular weight excluding hydrogens is 434 g/mol. The first kappa shape index (κ1) is 20.3. The highest BCUT2D eigenvalue weighted by Crippen LogP contribution is 2.35. The van der Waals surface area contributed by atoms with E-state index in [9.17, 15) is 18.4 Å². The van der Waals surface area contributed by atoms with Gasteiger partial charge in [0.1, 0.15) is 17.2 Å². The quantitative estimate of drug-likeness (QED) is 0.591. The number of urea groups is 1. The van der Waals surface area contributed by atoms with Crippen molar-refractivity contribution in [3.63, 3.8) is 0 Å². The van der Waals surface area contributed by atoms with Gasteiger partial charge in [0, 0.05) is 5.69 Å². The predicted molar refractivity (Wildman–Crippen MR) is 104 cm³/mol. The Labute approximate surface area is 170 Å². The van der Waals surface area contributed by atoms with Crippen LogP contribution in [0.5, 0.6) is 0 Å². The van der Waals surface area contributed by atoms with E-state index < -0.39 is 35.4 Å². The summed E-state index contributed by atoms with van der Waals surface area (Å²) < 4.78 is 32.9. The van der Waals surface area contributed by atoms with Gasteiger partial charge < -0.3 is 4.74 Å². The Morgan fingerprint density at radius 2 is 1.79 bits per heavy atom. The molecule has 1 aliphatic heterocycles. The molecule has 0 bridgehead atoms. The van der Waals surface area contributed by atoms with Gasteiger partial charge in [-0.15, -0.1) is 0 Å². The molecule has 5 nitrogen and oxygen atoms in total. The SMILES string of the molecule is CC(C)(C)OC(=O)N1C(=O)N(c2ccc(Br)c(F)c2)CC1c1ccc(F)cc1. The second-order valence-electron chi connectivity index (χ2n) is 7.41. The Bertz CT molecular complexity index is 913. The standard InChI is InChI=1S/C20H19BrF2N2O3/c1-20(2,3)28-19(27)25-17(12-4-6-13(22)7-5-12)11-24(18(25)26)14-8-9-15(21)16(23)10-14/h4-10,17H,11H2,1-3H3. The molecule has 0 aliphatic carbocycles. The summed E-state index contributed by atoms with van der Waals surface area (Å²) in [5, 5.41) is 0. The van der Waals surface area contributed by atoms with Crippen LogP contribution in [0.25, 0.3) is 0 Å². The molecule has 1 aliphatic rings. The molecule has 28 heavy (non-hydrogen) atoms. The third kappa shape index (κ3) is 4.16. The van der Waals surface area contributed by atoms with Gasteiger partial charge >= 0.3 is 12.1 Å². The van der Waals surface area contributed by atoms with Crippen LogP contribution in [0.1, 0.15) is 32.4 Å². The van der Waals surface area contributed by atoms with E-state index in [1.165, 1.54) is 41.3 Å². The highest BCUT2D eigenvalue weighted by molar-refractivity contribution is 9.10. The molecule has 0 saturated carbocycles. The Morgan fingerprint density at radius 1 is 1.14 bits per heavy atom. The monoisotopic (exact) mass is 452 g/mol. The minimum atomic E-state index is -0.813. The number of halogens is 3. The first-order valence-corrected chi connectivity index (χ1v) is 9.40. The van der Waals surface area contributed by atoms with Gasteiger partial charge in [0.2, 0.25) is 0 Å². The van der Waals surface area contributed by atoms with Gasteiger partial charge in [0.15, 0.2) is 0 Å². The topological polar surface area (TPSA) is 49.9 Å². The van der Waals surface area contributed by atoms with Gasteiger partial charge in [-0.1, -0.05) is 12.1 Å². The molecule has 0 spiro atoms. The van der Waals surface area contributed by atoms with E-state index in [1.54, 1.807) is 26.8 Å². The van der Waals surface area contributed by atoms with Gasteiger partial charge in [-0.3, -0.25) is 4.90 Å². The number of imide groups is 1. The lowest BCUT2D eigenvalue weighted by molar-refractivity contribution is 0.0298. The van der Waals surface area contributed by atoms with Crippen molar-refractivity contribution in [2.75, 3.05) is 11.4 Å². The normalized spacial score (nSPS) is 17.2. The lowest BCUT2D eigenvalue weighted by Crippen LogP contribution is -2.41. The summed E-state index contributed by atoms with van der Waals surface area (Å²) in [5.74, 6) is -0.955. The number of hydrogen-bond acceptors (Lipinski definition) is 3. The summed E-state index contributed by atoms with van der Waals surface area (Å²) in [5.41, 5.74) is 0.0755. The van der Waals surface area contributed by atoms with Crippen LogP contribution in [0.15, 0.2) is 46.9 Å². The van der Waals surface area contributed by atoms with Gasteiger partial charge in [-0.2, -0.15) is 0 Å². The minimum Gasteiger partial charge on any atom is -0.443 e. The molecule has 1 saturated heterocycles. The van der Waals surface area contributed by atoms with E-state index in [-0.39, 0.29) is 11.0 Å². The number of carbonyl (C=O) groups excluding carboxylic acids is 2. The second kappa shape index (κ2) is 7.50. The number of anilines is 1. The molecule has 3 rings (SSSR count). The Hall–Kier alpha value is -2.48. The molecule has 2 aromatic rings. The molecular formula is C20H19BrF2N2O3. The van der Waals surface area contributed by atoms with Gasteiger partial charge in [0.25, 0.3) is 0 Å². The molecule has 0 aromatic heterocycles. The number of benzene rings is 2. The van der Waals surface area contributed by atoms with E-state index in [0.29, 0.717) is 11.3 Å². The molecule has 148 valence electrons. The predicted octanol–water partition coefficient (Wildman–Crippen LogP) is 5.65. The van der Waals surface area contributed by atoms with Crippen molar-refractivity contribution in [3.05, 3.63) is 64.1 Å². The zero-order valence-corrected chi connectivity index (χ0v) is 17.2. The molecule has 2 aromatic carbocycles. The zero-order valence-electron chi connectivity index (χ0n) is 15.6. The molecule has 1 atom stereocenters. The Balaban J connectivity index is 1.99. The van der Waals surface area contributed by atoms with Crippen LogP contribution in [0, 0.1) is 11.6 Å². The lowest BCUT2D eigenvalue weighted by Gasteiger charge is -2.26. The maximum Gasteiger partial charge on any atom is 0.419 e. The van der Waals surface area contributed by atoms with Gasteiger partial charge in [-0.05, 0) is 72.6 Å². The van der Waals surface area contributed by atoms with Gasteiger partial charge in [0.05, 0.1) is 17.1 Å². The van der Waals surface area contributed by atoms with Crippen LogP contribution in [0.4, 0.5) is 24.1 Å². The molecule has 1 heterocycles.